The molecule has 2 nitrogen and oxygen atoms in total. The number of alkyl halides is 1. The van der Waals surface area contributed by atoms with Gasteiger partial charge in [0.15, 0.2) is 0 Å². The standard InChI is InChI=1S/C12H18ClNO/c1-8(2)10-7-9(12(13)14-3)5-6-11(10)15-4/h5-8,12,14H,1-4H3. The van der Waals surface area contributed by atoms with Crippen LogP contribution < -0.4 is 10.1 Å². The van der Waals surface area contributed by atoms with E-state index < -0.39 is 0 Å². The number of methoxy groups -OCH3 is 1. The maximum atomic E-state index is 6.11. The van der Waals surface area contributed by atoms with Crippen LogP contribution in [0.2, 0.25) is 0 Å². The van der Waals surface area contributed by atoms with Gasteiger partial charge in [0, 0.05) is 0 Å². The lowest BCUT2D eigenvalue weighted by molar-refractivity contribution is 0.407. The van der Waals surface area contributed by atoms with E-state index in [9.17, 15) is 0 Å². The Balaban J connectivity index is 3.10. The minimum Gasteiger partial charge on any atom is -0.496 e. The molecule has 1 aromatic carbocycles. The Kier molecular flexibility index (Phi) is 4.43. The van der Waals surface area contributed by atoms with Gasteiger partial charge in [-0.25, -0.2) is 0 Å². The first-order valence-corrected chi connectivity index (χ1v) is 5.53. The highest BCUT2D eigenvalue weighted by molar-refractivity contribution is 6.20. The van der Waals surface area contributed by atoms with E-state index in [-0.39, 0.29) is 5.50 Å². The smallest absolute Gasteiger partial charge is 0.122 e. The van der Waals surface area contributed by atoms with E-state index in [1.807, 2.05) is 19.2 Å². The van der Waals surface area contributed by atoms with Crippen molar-refractivity contribution in [2.45, 2.75) is 25.3 Å². The van der Waals surface area contributed by atoms with Gasteiger partial charge in [-0.15, -0.1) is 11.6 Å². The van der Waals surface area contributed by atoms with Crippen LogP contribution in [0.1, 0.15) is 36.4 Å². The van der Waals surface area contributed by atoms with Crippen molar-refractivity contribution in [3.63, 3.8) is 0 Å². The van der Waals surface area contributed by atoms with Crippen LogP contribution in [0.25, 0.3) is 0 Å². The third kappa shape index (κ3) is 2.86. The van der Waals surface area contributed by atoms with Gasteiger partial charge in [-0.2, -0.15) is 0 Å². The molecule has 0 amide bonds. The van der Waals surface area contributed by atoms with Crippen LogP contribution in [0.3, 0.4) is 0 Å². The normalized spacial score (nSPS) is 12.9. The summed E-state index contributed by atoms with van der Waals surface area (Å²) in [5.74, 6) is 1.36. The molecular weight excluding hydrogens is 210 g/mol. The zero-order valence-corrected chi connectivity index (χ0v) is 10.4. The molecule has 3 heteroatoms. The van der Waals surface area contributed by atoms with Gasteiger partial charge < -0.3 is 10.1 Å². The Labute approximate surface area is 96.6 Å². The molecular formula is C12H18ClNO. The highest BCUT2D eigenvalue weighted by Gasteiger charge is 2.11. The van der Waals surface area contributed by atoms with Crippen molar-refractivity contribution in [2.24, 2.45) is 0 Å². The van der Waals surface area contributed by atoms with Gasteiger partial charge in [0.1, 0.15) is 11.3 Å². The predicted octanol–water partition coefficient (Wildman–Crippen LogP) is 3.28. The van der Waals surface area contributed by atoms with E-state index in [4.69, 9.17) is 16.3 Å². The van der Waals surface area contributed by atoms with Crippen molar-refractivity contribution in [3.8, 4) is 5.75 Å². The van der Waals surface area contributed by atoms with Crippen molar-refractivity contribution in [1.29, 1.82) is 0 Å². The summed E-state index contributed by atoms with van der Waals surface area (Å²) in [6, 6.07) is 6.05. The number of ether oxygens (including phenoxy) is 1. The molecule has 1 atom stereocenters. The largest absolute Gasteiger partial charge is 0.496 e. The topological polar surface area (TPSA) is 21.3 Å². The zero-order chi connectivity index (χ0) is 11.4. The Morgan fingerprint density at radius 1 is 1.33 bits per heavy atom. The lowest BCUT2D eigenvalue weighted by Gasteiger charge is -2.15. The second-order valence-electron chi connectivity index (χ2n) is 3.81. The maximum Gasteiger partial charge on any atom is 0.122 e. The molecule has 0 radical (unpaired) electrons. The summed E-state index contributed by atoms with van der Waals surface area (Å²) in [6.07, 6.45) is 0. The number of rotatable bonds is 4. The van der Waals surface area contributed by atoms with Crippen LogP contribution in [0, 0.1) is 0 Å². The van der Waals surface area contributed by atoms with Gasteiger partial charge in [0.05, 0.1) is 7.11 Å². The summed E-state index contributed by atoms with van der Waals surface area (Å²) in [7, 11) is 3.54. The third-order valence-corrected chi connectivity index (χ3v) is 2.89. The first-order chi connectivity index (χ1) is 7.10. The van der Waals surface area contributed by atoms with Gasteiger partial charge in [0.25, 0.3) is 0 Å². The second kappa shape index (κ2) is 5.38. The molecule has 0 fully saturated rings. The summed E-state index contributed by atoms with van der Waals surface area (Å²) in [6.45, 7) is 4.29. The molecule has 0 saturated heterocycles. The fraction of sp³-hybridized carbons (Fsp3) is 0.500. The minimum absolute atomic E-state index is 0.145. The van der Waals surface area contributed by atoms with Crippen LogP contribution in [0.5, 0.6) is 5.75 Å². The summed E-state index contributed by atoms with van der Waals surface area (Å²) in [4.78, 5) is 0. The number of nitrogens with one attached hydrogen (secondary N) is 1. The molecule has 84 valence electrons. The Morgan fingerprint density at radius 2 is 2.00 bits per heavy atom. The van der Waals surface area contributed by atoms with Crippen LogP contribution >= 0.6 is 11.6 Å². The van der Waals surface area contributed by atoms with Crippen LogP contribution in [-0.2, 0) is 0 Å². The van der Waals surface area contributed by atoms with Gasteiger partial charge in [-0.05, 0) is 36.2 Å². The summed E-state index contributed by atoms with van der Waals surface area (Å²) < 4.78 is 5.31. The van der Waals surface area contributed by atoms with Crippen molar-refractivity contribution in [3.05, 3.63) is 29.3 Å². The maximum absolute atomic E-state index is 6.11. The van der Waals surface area contributed by atoms with E-state index >= 15 is 0 Å². The van der Waals surface area contributed by atoms with Gasteiger partial charge in [-0.3, -0.25) is 0 Å². The van der Waals surface area contributed by atoms with Crippen molar-refractivity contribution >= 4 is 11.6 Å². The van der Waals surface area contributed by atoms with Crippen molar-refractivity contribution in [2.75, 3.05) is 14.2 Å². The van der Waals surface area contributed by atoms with E-state index in [1.54, 1.807) is 7.11 Å². The van der Waals surface area contributed by atoms with Gasteiger partial charge >= 0.3 is 0 Å². The molecule has 1 N–H and O–H groups in total. The van der Waals surface area contributed by atoms with Crippen molar-refractivity contribution in [1.82, 2.24) is 5.32 Å². The summed E-state index contributed by atoms with van der Waals surface area (Å²) in [5, 5.41) is 3.01. The molecule has 0 aliphatic carbocycles. The van der Waals surface area contributed by atoms with E-state index in [2.05, 4.69) is 25.2 Å². The average Bonchev–Trinajstić information content (AvgIpc) is 2.27. The van der Waals surface area contributed by atoms with Crippen molar-refractivity contribution < 1.29 is 4.74 Å². The third-order valence-electron chi connectivity index (χ3n) is 2.42. The molecule has 0 aliphatic rings. The number of hydrogen-bond donors (Lipinski definition) is 1. The first-order valence-electron chi connectivity index (χ1n) is 5.09. The Bertz CT molecular complexity index is 325. The first kappa shape index (κ1) is 12.3. The van der Waals surface area contributed by atoms with Gasteiger partial charge in [-0.1, -0.05) is 19.9 Å². The fourth-order valence-electron chi connectivity index (χ4n) is 1.53. The molecule has 0 spiro atoms. The Hall–Kier alpha value is -0.730. The molecule has 1 rings (SSSR count). The molecule has 0 aliphatic heterocycles. The summed E-state index contributed by atoms with van der Waals surface area (Å²) in [5.41, 5.74) is 2.12. The van der Waals surface area contributed by atoms with E-state index in [1.165, 1.54) is 5.56 Å². The van der Waals surface area contributed by atoms with E-state index in [0.29, 0.717) is 5.92 Å². The van der Waals surface area contributed by atoms with E-state index in [0.717, 1.165) is 11.3 Å². The average molecular weight is 228 g/mol. The highest BCUT2D eigenvalue weighted by atomic mass is 35.5. The minimum atomic E-state index is -0.145. The number of benzene rings is 1. The number of halogens is 1. The zero-order valence-electron chi connectivity index (χ0n) is 9.67. The van der Waals surface area contributed by atoms with Crippen LogP contribution in [-0.4, -0.2) is 14.2 Å². The lowest BCUT2D eigenvalue weighted by atomic mass is 9.99. The molecule has 1 aromatic rings. The fourth-order valence-corrected chi connectivity index (χ4v) is 1.66. The highest BCUT2D eigenvalue weighted by Crippen LogP contribution is 2.30. The number of hydrogen-bond acceptors (Lipinski definition) is 2. The molecule has 0 heterocycles. The monoisotopic (exact) mass is 227 g/mol. The molecule has 0 aromatic heterocycles. The quantitative estimate of drug-likeness (QED) is 0.630. The van der Waals surface area contributed by atoms with Gasteiger partial charge in [0.2, 0.25) is 0 Å². The SMILES string of the molecule is CNC(Cl)c1ccc(OC)c(C(C)C)c1. The molecule has 0 saturated carbocycles. The second-order valence-corrected chi connectivity index (χ2v) is 4.24. The molecule has 15 heavy (non-hydrogen) atoms. The van der Waals surface area contributed by atoms with Crippen LogP contribution in [0.4, 0.5) is 0 Å². The van der Waals surface area contributed by atoms with Crippen LogP contribution in [0.15, 0.2) is 18.2 Å². The molecule has 0 bridgehead atoms. The summed E-state index contributed by atoms with van der Waals surface area (Å²) >= 11 is 6.11. The predicted molar refractivity (Wildman–Crippen MR) is 64.7 cm³/mol. The lowest BCUT2D eigenvalue weighted by Crippen LogP contribution is -2.10. The molecule has 1 unspecified atom stereocenters. The Morgan fingerprint density at radius 3 is 2.47 bits per heavy atom.